The Kier molecular flexibility index (Phi) is 3.90. The van der Waals surface area contributed by atoms with Crippen LogP contribution in [0, 0.1) is 0 Å². The van der Waals surface area contributed by atoms with Crippen molar-refractivity contribution in [3.63, 3.8) is 0 Å². The van der Waals surface area contributed by atoms with E-state index in [9.17, 15) is 0 Å². The van der Waals surface area contributed by atoms with Crippen molar-refractivity contribution in [2.45, 2.75) is 18.9 Å². The molecule has 0 fully saturated rings. The highest BCUT2D eigenvalue weighted by atomic mass is 79.9. The van der Waals surface area contributed by atoms with Crippen molar-refractivity contribution in [1.82, 2.24) is 0 Å². The largest absolute Gasteiger partial charge is 0.496 e. The number of benzene rings is 2. The van der Waals surface area contributed by atoms with Gasteiger partial charge in [0, 0.05) is 10.7 Å². The van der Waals surface area contributed by atoms with Gasteiger partial charge in [-0.15, -0.1) is 0 Å². The molecule has 3 rings (SSSR count). The maximum Gasteiger partial charge on any atom is 0.133 e. The first-order valence-electron chi connectivity index (χ1n) is 6.56. The summed E-state index contributed by atoms with van der Waals surface area (Å²) >= 11 is 9.48. The Labute approximate surface area is 132 Å². The second kappa shape index (κ2) is 5.66. The standard InChI is InChI=1S/C16H15BrClNO/c1-20-16-8-11-4-7-14(19-15(11)9-13(16)17)10-2-5-12(18)6-3-10/h2-3,5-6,8-9,14,19H,4,7H2,1H3. The number of halogens is 2. The van der Waals surface area contributed by atoms with E-state index in [4.69, 9.17) is 16.3 Å². The number of anilines is 1. The van der Waals surface area contributed by atoms with Crippen molar-refractivity contribution >= 4 is 33.2 Å². The van der Waals surface area contributed by atoms with Gasteiger partial charge in [0.15, 0.2) is 0 Å². The molecule has 1 aliphatic rings. The van der Waals surface area contributed by atoms with E-state index >= 15 is 0 Å². The van der Waals surface area contributed by atoms with Gasteiger partial charge in [0.2, 0.25) is 0 Å². The molecule has 0 saturated carbocycles. The number of nitrogens with one attached hydrogen (secondary N) is 1. The molecule has 0 spiro atoms. The third-order valence-electron chi connectivity index (χ3n) is 3.68. The second-order valence-electron chi connectivity index (χ2n) is 4.93. The first kappa shape index (κ1) is 13.8. The van der Waals surface area contributed by atoms with Crippen molar-refractivity contribution in [3.8, 4) is 5.75 Å². The van der Waals surface area contributed by atoms with E-state index in [0.29, 0.717) is 6.04 Å². The van der Waals surface area contributed by atoms with Crippen LogP contribution in [0.3, 0.4) is 0 Å². The smallest absolute Gasteiger partial charge is 0.133 e. The van der Waals surface area contributed by atoms with Crippen molar-refractivity contribution in [1.29, 1.82) is 0 Å². The van der Waals surface area contributed by atoms with E-state index in [1.54, 1.807) is 7.11 Å². The summed E-state index contributed by atoms with van der Waals surface area (Å²) in [5.74, 6) is 0.885. The molecule has 2 aromatic carbocycles. The van der Waals surface area contributed by atoms with Crippen LogP contribution in [0.4, 0.5) is 5.69 Å². The average molecular weight is 353 g/mol. The maximum absolute atomic E-state index is 5.95. The second-order valence-corrected chi connectivity index (χ2v) is 6.22. The molecule has 0 saturated heterocycles. The van der Waals surface area contributed by atoms with Gasteiger partial charge < -0.3 is 10.1 Å². The lowest BCUT2D eigenvalue weighted by Crippen LogP contribution is -2.18. The predicted molar refractivity (Wildman–Crippen MR) is 86.8 cm³/mol. The van der Waals surface area contributed by atoms with E-state index in [-0.39, 0.29) is 0 Å². The Morgan fingerprint density at radius 2 is 2.00 bits per heavy atom. The van der Waals surface area contributed by atoms with Crippen LogP contribution in [-0.2, 0) is 6.42 Å². The Morgan fingerprint density at radius 3 is 2.70 bits per heavy atom. The van der Waals surface area contributed by atoms with Crippen LogP contribution in [-0.4, -0.2) is 7.11 Å². The fraction of sp³-hybridized carbons (Fsp3) is 0.250. The summed E-state index contributed by atoms with van der Waals surface area (Å²) in [7, 11) is 1.69. The molecule has 4 heteroatoms. The Hall–Kier alpha value is -1.19. The molecule has 0 aromatic heterocycles. The normalized spacial score (nSPS) is 17.2. The highest BCUT2D eigenvalue weighted by molar-refractivity contribution is 9.10. The first-order valence-corrected chi connectivity index (χ1v) is 7.73. The molecule has 1 heterocycles. The minimum atomic E-state index is 0.333. The summed E-state index contributed by atoms with van der Waals surface area (Å²) < 4.78 is 6.32. The van der Waals surface area contributed by atoms with Gasteiger partial charge in [-0.25, -0.2) is 0 Å². The number of aryl methyl sites for hydroxylation is 1. The zero-order valence-electron chi connectivity index (χ0n) is 11.1. The maximum atomic E-state index is 5.95. The first-order chi connectivity index (χ1) is 9.67. The van der Waals surface area contributed by atoms with Crippen LogP contribution in [0.25, 0.3) is 0 Å². The fourth-order valence-electron chi connectivity index (χ4n) is 2.60. The van der Waals surface area contributed by atoms with Crippen LogP contribution in [0.2, 0.25) is 5.02 Å². The number of rotatable bonds is 2. The number of hydrogen-bond acceptors (Lipinski definition) is 2. The van der Waals surface area contributed by atoms with Gasteiger partial charge in [0.05, 0.1) is 17.6 Å². The fourth-order valence-corrected chi connectivity index (χ4v) is 3.23. The lowest BCUT2D eigenvalue weighted by Gasteiger charge is -2.28. The van der Waals surface area contributed by atoms with E-state index in [1.807, 2.05) is 12.1 Å². The third-order valence-corrected chi connectivity index (χ3v) is 4.55. The minimum absolute atomic E-state index is 0.333. The summed E-state index contributed by atoms with van der Waals surface area (Å²) in [5, 5.41) is 4.37. The summed E-state index contributed by atoms with van der Waals surface area (Å²) in [6.07, 6.45) is 2.11. The van der Waals surface area contributed by atoms with E-state index in [0.717, 1.165) is 28.1 Å². The zero-order valence-corrected chi connectivity index (χ0v) is 13.5. The van der Waals surface area contributed by atoms with Gasteiger partial charge in [-0.2, -0.15) is 0 Å². The van der Waals surface area contributed by atoms with Gasteiger partial charge in [0.1, 0.15) is 5.75 Å². The van der Waals surface area contributed by atoms with Crippen molar-refractivity contribution in [3.05, 3.63) is 57.0 Å². The highest BCUT2D eigenvalue weighted by Gasteiger charge is 2.20. The van der Waals surface area contributed by atoms with Crippen molar-refractivity contribution < 1.29 is 4.74 Å². The lowest BCUT2D eigenvalue weighted by molar-refractivity contribution is 0.411. The van der Waals surface area contributed by atoms with Crippen LogP contribution in [0.5, 0.6) is 5.75 Å². The number of methoxy groups -OCH3 is 1. The topological polar surface area (TPSA) is 21.3 Å². The molecular weight excluding hydrogens is 338 g/mol. The molecule has 1 atom stereocenters. The monoisotopic (exact) mass is 351 g/mol. The molecule has 0 bridgehead atoms. The van der Waals surface area contributed by atoms with Crippen LogP contribution >= 0.6 is 27.5 Å². The van der Waals surface area contributed by atoms with Gasteiger partial charge in [-0.1, -0.05) is 23.7 Å². The van der Waals surface area contributed by atoms with Crippen molar-refractivity contribution in [2.75, 3.05) is 12.4 Å². The molecule has 1 unspecified atom stereocenters. The number of fused-ring (bicyclic) bond motifs is 1. The van der Waals surface area contributed by atoms with Crippen molar-refractivity contribution in [2.24, 2.45) is 0 Å². The lowest BCUT2D eigenvalue weighted by atomic mass is 9.93. The summed E-state index contributed by atoms with van der Waals surface area (Å²) in [6, 6.07) is 12.6. The molecule has 2 aromatic rings. The summed E-state index contributed by atoms with van der Waals surface area (Å²) in [5.41, 5.74) is 3.74. The van der Waals surface area contributed by atoms with Gasteiger partial charge >= 0.3 is 0 Å². The molecular formula is C16H15BrClNO. The highest BCUT2D eigenvalue weighted by Crippen LogP contribution is 2.38. The number of ether oxygens (including phenoxy) is 1. The van der Waals surface area contributed by atoms with Crippen LogP contribution in [0.15, 0.2) is 40.9 Å². The van der Waals surface area contributed by atoms with E-state index in [2.05, 4.69) is 45.5 Å². The molecule has 104 valence electrons. The average Bonchev–Trinajstić information content (AvgIpc) is 2.46. The predicted octanol–water partition coefficient (Wildman–Crippen LogP) is 5.21. The molecule has 1 N–H and O–H groups in total. The summed E-state index contributed by atoms with van der Waals surface area (Å²) in [4.78, 5) is 0. The van der Waals surface area contributed by atoms with Crippen LogP contribution in [0.1, 0.15) is 23.6 Å². The van der Waals surface area contributed by atoms with Gasteiger partial charge in [0.25, 0.3) is 0 Å². The molecule has 2 nitrogen and oxygen atoms in total. The molecule has 1 aliphatic heterocycles. The quantitative estimate of drug-likeness (QED) is 0.801. The van der Waals surface area contributed by atoms with E-state index in [1.165, 1.54) is 16.8 Å². The SMILES string of the molecule is COc1cc2c(cc1Br)NC(c1ccc(Cl)cc1)CC2. The van der Waals surface area contributed by atoms with Gasteiger partial charge in [-0.05, 0) is 64.2 Å². The van der Waals surface area contributed by atoms with Crippen LogP contribution < -0.4 is 10.1 Å². The molecule has 0 amide bonds. The number of hydrogen-bond donors (Lipinski definition) is 1. The zero-order chi connectivity index (χ0) is 14.1. The summed E-state index contributed by atoms with van der Waals surface area (Å²) in [6.45, 7) is 0. The third kappa shape index (κ3) is 2.65. The van der Waals surface area contributed by atoms with E-state index < -0.39 is 0 Å². The minimum Gasteiger partial charge on any atom is -0.496 e. The van der Waals surface area contributed by atoms with Gasteiger partial charge in [-0.3, -0.25) is 0 Å². The Balaban J connectivity index is 1.88. The Bertz CT molecular complexity index is 627. The molecule has 0 aliphatic carbocycles. The molecule has 0 radical (unpaired) electrons. The molecule has 20 heavy (non-hydrogen) atoms. The Morgan fingerprint density at radius 1 is 1.25 bits per heavy atom.